The number of halogens is 3. The molecule has 4 N–H and O–H groups in total. The molecule has 0 unspecified atom stereocenters. The van der Waals surface area contributed by atoms with Gasteiger partial charge in [-0.2, -0.15) is 18.3 Å². The van der Waals surface area contributed by atoms with Gasteiger partial charge in [-0.05, 0) is 12.1 Å². The van der Waals surface area contributed by atoms with Crippen molar-refractivity contribution in [3.63, 3.8) is 0 Å². The van der Waals surface area contributed by atoms with Gasteiger partial charge in [-0.25, -0.2) is 9.67 Å². The Morgan fingerprint density at radius 1 is 1.37 bits per heavy atom. The van der Waals surface area contributed by atoms with Gasteiger partial charge in [-0.15, -0.1) is 0 Å². The van der Waals surface area contributed by atoms with E-state index in [-0.39, 0.29) is 17.1 Å². The predicted octanol–water partition coefficient (Wildman–Crippen LogP) is 0.967. The van der Waals surface area contributed by atoms with Gasteiger partial charge >= 0.3 is 6.18 Å². The minimum atomic E-state index is -4.58. The van der Waals surface area contributed by atoms with E-state index in [1.165, 1.54) is 12.3 Å². The zero-order valence-electron chi connectivity index (χ0n) is 9.35. The first-order chi connectivity index (χ1) is 8.79. The Hall–Kier alpha value is -2.58. The molecule has 100 valence electrons. The molecule has 0 aliphatic heterocycles. The summed E-state index contributed by atoms with van der Waals surface area (Å²) in [5, 5.41) is 3.31. The SMILES string of the molecule is NC(=O)c1cc(N)cnc1-n1ccc(C(F)(F)F)n1. The second-order valence-corrected chi connectivity index (χ2v) is 3.65. The maximum Gasteiger partial charge on any atom is 0.435 e. The van der Waals surface area contributed by atoms with Crippen molar-refractivity contribution in [2.45, 2.75) is 6.18 Å². The topological polar surface area (TPSA) is 99.8 Å². The number of hydrogen-bond donors (Lipinski definition) is 2. The van der Waals surface area contributed by atoms with E-state index in [9.17, 15) is 18.0 Å². The Balaban J connectivity index is 2.53. The van der Waals surface area contributed by atoms with Crippen LogP contribution >= 0.6 is 0 Å². The molecule has 0 radical (unpaired) electrons. The number of anilines is 1. The maximum absolute atomic E-state index is 12.4. The number of nitrogen functional groups attached to an aromatic ring is 1. The number of primary amides is 1. The minimum absolute atomic E-state index is 0.114. The van der Waals surface area contributed by atoms with Crippen LogP contribution in [0.2, 0.25) is 0 Å². The second kappa shape index (κ2) is 4.26. The van der Waals surface area contributed by atoms with Crippen LogP contribution in [0.3, 0.4) is 0 Å². The summed E-state index contributed by atoms with van der Waals surface area (Å²) < 4.78 is 38.1. The molecule has 0 saturated heterocycles. The fourth-order valence-corrected chi connectivity index (χ4v) is 1.43. The Morgan fingerprint density at radius 3 is 2.58 bits per heavy atom. The Bertz CT molecular complexity index is 634. The van der Waals surface area contributed by atoms with Crippen LogP contribution < -0.4 is 11.5 Å². The number of nitrogens with zero attached hydrogens (tertiary/aromatic N) is 3. The van der Waals surface area contributed by atoms with Crippen LogP contribution in [-0.2, 0) is 6.18 Å². The van der Waals surface area contributed by atoms with Crippen LogP contribution in [0, 0.1) is 0 Å². The molecular formula is C10H8F3N5O. The summed E-state index contributed by atoms with van der Waals surface area (Å²) >= 11 is 0. The van der Waals surface area contributed by atoms with Gasteiger partial charge in [0.15, 0.2) is 11.5 Å². The van der Waals surface area contributed by atoms with E-state index in [1.54, 1.807) is 0 Å². The molecule has 0 aliphatic carbocycles. The standard InChI is InChI=1S/C10H8F3N5O/c11-10(12,13)7-1-2-18(17-7)9-6(8(15)19)3-5(14)4-16-9/h1-4H,14H2,(H2,15,19). The third-order valence-corrected chi connectivity index (χ3v) is 2.25. The van der Waals surface area contributed by atoms with Crippen molar-refractivity contribution in [2.75, 3.05) is 5.73 Å². The monoisotopic (exact) mass is 271 g/mol. The van der Waals surface area contributed by atoms with Crippen LogP contribution in [0.5, 0.6) is 0 Å². The molecule has 2 heterocycles. The van der Waals surface area contributed by atoms with Gasteiger partial charge in [-0.1, -0.05) is 0 Å². The van der Waals surface area contributed by atoms with E-state index in [1.807, 2.05) is 0 Å². The van der Waals surface area contributed by atoms with Crippen molar-refractivity contribution in [3.05, 3.63) is 35.8 Å². The Labute approximate surface area is 104 Å². The van der Waals surface area contributed by atoms with E-state index in [0.29, 0.717) is 0 Å². The molecule has 2 rings (SSSR count). The average Bonchev–Trinajstić information content (AvgIpc) is 2.77. The van der Waals surface area contributed by atoms with Crippen LogP contribution in [0.15, 0.2) is 24.5 Å². The van der Waals surface area contributed by atoms with Crippen LogP contribution in [0.4, 0.5) is 18.9 Å². The third kappa shape index (κ3) is 2.49. The molecule has 0 atom stereocenters. The second-order valence-electron chi connectivity index (χ2n) is 3.65. The van der Waals surface area contributed by atoms with E-state index in [4.69, 9.17) is 11.5 Å². The molecular weight excluding hydrogens is 263 g/mol. The van der Waals surface area contributed by atoms with Gasteiger partial charge in [0, 0.05) is 6.20 Å². The van der Waals surface area contributed by atoms with E-state index in [2.05, 4.69) is 10.1 Å². The molecule has 0 aliphatic rings. The summed E-state index contributed by atoms with van der Waals surface area (Å²) in [6, 6.07) is 1.99. The first-order valence-corrected chi connectivity index (χ1v) is 4.97. The lowest BCUT2D eigenvalue weighted by Gasteiger charge is -2.06. The number of carbonyl (C=O) groups is 1. The van der Waals surface area contributed by atoms with Crippen molar-refractivity contribution in [3.8, 4) is 5.82 Å². The highest BCUT2D eigenvalue weighted by Crippen LogP contribution is 2.28. The fraction of sp³-hybridized carbons (Fsp3) is 0.100. The first kappa shape index (κ1) is 12.9. The molecule has 9 heteroatoms. The number of alkyl halides is 3. The van der Waals surface area contributed by atoms with Crippen molar-refractivity contribution in [2.24, 2.45) is 5.73 Å². The van der Waals surface area contributed by atoms with Gasteiger partial charge in [0.25, 0.3) is 5.91 Å². The number of amides is 1. The van der Waals surface area contributed by atoms with E-state index in [0.717, 1.165) is 16.9 Å². The quantitative estimate of drug-likeness (QED) is 0.849. The van der Waals surface area contributed by atoms with Gasteiger partial charge in [-0.3, -0.25) is 4.79 Å². The molecule has 0 aromatic carbocycles. The molecule has 1 amide bonds. The van der Waals surface area contributed by atoms with E-state index < -0.39 is 17.8 Å². The molecule has 2 aromatic heterocycles. The van der Waals surface area contributed by atoms with Crippen molar-refractivity contribution in [1.82, 2.24) is 14.8 Å². The maximum atomic E-state index is 12.4. The summed E-state index contributed by atoms with van der Waals surface area (Å²) in [7, 11) is 0. The molecule has 0 fully saturated rings. The molecule has 19 heavy (non-hydrogen) atoms. The predicted molar refractivity (Wildman–Crippen MR) is 59.3 cm³/mol. The van der Waals surface area contributed by atoms with Gasteiger partial charge in [0.05, 0.1) is 17.4 Å². The minimum Gasteiger partial charge on any atom is -0.397 e. The number of pyridine rings is 1. The number of nitrogens with two attached hydrogens (primary N) is 2. The zero-order chi connectivity index (χ0) is 14.2. The van der Waals surface area contributed by atoms with Gasteiger partial charge in [0.2, 0.25) is 0 Å². The average molecular weight is 271 g/mol. The summed E-state index contributed by atoms with van der Waals surface area (Å²) in [4.78, 5) is 15.0. The third-order valence-electron chi connectivity index (χ3n) is 2.25. The molecule has 6 nitrogen and oxygen atoms in total. The Kier molecular flexibility index (Phi) is 2.89. The first-order valence-electron chi connectivity index (χ1n) is 4.97. The highest BCUT2D eigenvalue weighted by Gasteiger charge is 2.34. The lowest BCUT2D eigenvalue weighted by atomic mass is 10.2. The summed E-state index contributed by atoms with van der Waals surface area (Å²) in [5.74, 6) is -0.976. The van der Waals surface area contributed by atoms with Crippen LogP contribution in [-0.4, -0.2) is 20.7 Å². The Morgan fingerprint density at radius 2 is 2.05 bits per heavy atom. The van der Waals surface area contributed by atoms with Gasteiger partial charge in [0.1, 0.15) is 0 Å². The highest BCUT2D eigenvalue weighted by atomic mass is 19.4. The molecule has 2 aromatic rings. The molecule has 0 bridgehead atoms. The highest BCUT2D eigenvalue weighted by molar-refractivity contribution is 5.96. The van der Waals surface area contributed by atoms with Crippen LogP contribution in [0.1, 0.15) is 16.1 Å². The number of aromatic nitrogens is 3. The van der Waals surface area contributed by atoms with E-state index >= 15 is 0 Å². The smallest absolute Gasteiger partial charge is 0.397 e. The number of rotatable bonds is 2. The molecule has 0 saturated carbocycles. The van der Waals surface area contributed by atoms with Crippen LogP contribution in [0.25, 0.3) is 5.82 Å². The fourth-order valence-electron chi connectivity index (χ4n) is 1.43. The number of hydrogen-bond acceptors (Lipinski definition) is 4. The molecule has 0 spiro atoms. The summed E-state index contributed by atoms with van der Waals surface area (Å²) in [5.41, 5.74) is 9.51. The zero-order valence-corrected chi connectivity index (χ0v) is 9.35. The normalized spacial score (nSPS) is 11.5. The largest absolute Gasteiger partial charge is 0.435 e. The number of carbonyl (C=O) groups excluding carboxylic acids is 1. The summed E-state index contributed by atoms with van der Waals surface area (Å²) in [6.07, 6.45) is -2.35. The lowest BCUT2D eigenvalue weighted by molar-refractivity contribution is -0.141. The van der Waals surface area contributed by atoms with Crippen molar-refractivity contribution >= 4 is 11.6 Å². The summed E-state index contributed by atoms with van der Waals surface area (Å²) in [6.45, 7) is 0. The lowest BCUT2D eigenvalue weighted by Crippen LogP contribution is -2.17. The van der Waals surface area contributed by atoms with Crippen molar-refractivity contribution < 1.29 is 18.0 Å². The van der Waals surface area contributed by atoms with Crippen molar-refractivity contribution in [1.29, 1.82) is 0 Å². The van der Waals surface area contributed by atoms with Gasteiger partial charge < -0.3 is 11.5 Å².